The van der Waals surface area contributed by atoms with Crippen LogP contribution in [0.3, 0.4) is 0 Å². The van der Waals surface area contributed by atoms with E-state index in [1.165, 1.54) is 0 Å². The van der Waals surface area contributed by atoms with Crippen LogP contribution in [-0.2, 0) is 16.1 Å². The van der Waals surface area contributed by atoms with Gasteiger partial charge in [-0.05, 0) is 29.8 Å². The number of hydrogen-bond acceptors (Lipinski definition) is 3. The van der Waals surface area contributed by atoms with Crippen molar-refractivity contribution in [1.29, 1.82) is 0 Å². The molecular weight excluding hydrogens is 204 g/mol. The Kier molecular flexibility index (Phi) is 5.63. The van der Waals surface area contributed by atoms with Crippen LogP contribution < -0.4 is 4.74 Å². The molecule has 0 radical (unpaired) electrons. The quantitative estimate of drug-likeness (QED) is 0.545. The molecule has 1 aromatic rings. The summed E-state index contributed by atoms with van der Waals surface area (Å²) >= 11 is 0. The van der Waals surface area contributed by atoms with E-state index in [-0.39, 0.29) is 0 Å². The van der Waals surface area contributed by atoms with Crippen LogP contribution in [0.4, 0.5) is 0 Å². The van der Waals surface area contributed by atoms with Gasteiger partial charge >= 0.3 is 0 Å². The molecule has 0 amide bonds. The summed E-state index contributed by atoms with van der Waals surface area (Å²) in [5.74, 6) is 0.849. The van der Waals surface area contributed by atoms with Crippen LogP contribution in [0, 0.1) is 0 Å². The molecule has 0 aromatic heterocycles. The molecule has 0 aliphatic heterocycles. The first-order valence-electron chi connectivity index (χ1n) is 4.96. The zero-order valence-electron chi connectivity index (χ0n) is 9.55. The predicted octanol–water partition coefficient (Wildman–Crippen LogP) is 2.89. The van der Waals surface area contributed by atoms with Crippen LogP contribution in [0.5, 0.6) is 5.75 Å². The first-order valence-corrected chi connectivity index (χ1v) is 4.96. The maximum absolute atomic E-state index is 5.31. The molecule has 0 heterocycles. The fraction of sp³-hybridized carbons (Fsp3) is 0.231. The Morgan fingerprint density at radius 3 is 2.31 bits per heavy atom. The summed E-state index contributed by atoms with van der Waals surface area (Å²) < 4.78 is 15.1. The summed E-state index contributed by atoms with van der Waals surface area (Å²) in [6, 6.07) is 7.76. The first-order chi connectivity index (χ1) is 7.86. The van der Waals surface area contributed by atoms with E-state index < -0.39 is 0 Å². The summed E-state index contributed by atoms with van der Waals surface area (Å²) in [6.07, 6.45) is 6.73. The van der Waals surface area contributed by atoms with E-state index in [1.807, 2.05) is 24.3 Å². The lowest BCUT2D eigenvalue weighted by Gasteiger charge is -2.02. The molecule has 16 heavy (non-hydrogen) atoms. The minimum absolute atomic E-state index is 0.543. The molecule has 0 aliphatic rings. The van der Waals surface area contributed by atoms with Crippen molar-refractivity contribution in [2.75, 3.05) is 14.2 Å². The molecule has 0 unspecified atom stereocenters. The largest absolute Gasteiger partial charge is 0.504 e. The Bertz CT molecular complexity index is 339. The van der Waals surface area contributed by atoms with Crippen molar-refractivity contribution >= 4 is 0 Å². The lowest BCUT2D eigenvalue weighted by Crippen LogP contribution is -1.87. The van der Waals surface area contributed by atoms with E-state index in [2.05, 4.69) is 0 Å². The fourth-order valence-electron chi connectivity index (χ4n) is 1.09. The summed E-state index contributed by atoms with van der Waals surface area (Å²) in [5, 5.41) is 0. The molecule has 0 atom stereocenters. The maximum Gasteiger partial charge on any atom is 0.118 e. The van der Waals surface area contributed by atoms with Gasteiger partial charge in [-0.3, -0.25) is 0 Å². The van der Waals surface area contributed by atoms with Gasteiger partial charge in [0.2, 0.25) is 0 Å². The smallest absolute Gasteiger partial charge is 0.118 e. The Morgan fingerprint density at radius 1 is 1.00 bits per heavy atom. The highest BCUT2D eigenvalue weighted by atomic mass is 16.5. The maximum atomic E-state index is 5.31. The summed E-state index contributed by atoms with van der Waals surface area (Å²) in [5.41, 5.74) is 1.10. The van der Waals surface area contributed by atoms with Crippen molar-refractivity contribution in [3.8, 4) is 5.75 Å². The second kappa shape index (κ2) is 7.40. The molecule has 3 heteroatoms. The molecule has 0 saturated carbocycles. The van der Waals surface area contributed by atoms with Crippen LogP contribution in [0.25, 0.3) is 0 Å². The lowest BCUT2D eigenvalue weighted by atomic mass is 10.2. The van der Waals surface area contributed by atoms with Gasteiger partial charge in [-0.15, -0.1) is 0 Å². The van der Waals surface area contributed by atoms with Gasteiger partial charge in [0.1, 0.15) is 12.4 Å². The van der Waals surface area contributed by atoms with Crippen molar-refractivity contribution in [2.24, 2.45) is 0 Å². The van der Waals surface area contributed by atoms with Crippen molar-refractivity contribution in [3.63, 3.8) is 0 Å². The summed E-state index contributed by atoms with van der Waals surface area (Å²) in [6.45, 7) is 0.543. The highest BCUT2D eigenvalue weighted by molar-refractivity contribution is 5.26. The van der Waals surface area contributed by atoms with Gasteiger partial charge in [-0.2, -0.15) is 0 Å². The molecule has 0 bridgehead atoms. The van der Waals surface area contributed by atoms with Crippen molar-refractivity contribution in [3.05, 3.63) is 54.5 Å². The van der Waals surface area contributed by atoms with E-state index in [9.17, 15) is 0 Å². The molecule has 86 valence electrons. The van der Waals surface area contributed by atoms with E-state index in [0.29, 0.717) is 6.61 Å². The highest BCUT2D eigenvalue weighted by Gasteiger charge is 1.92. The molecule has 3 nitrogen and oxygen atoms in total. The SMILES string of the molecule is CO/C=C/C=C\OCc1ccc(OC)cc1. The zero-order valence-corrected chi connectivity index (χ0v) is 9.55. The molecule has 0 fully saturated rings. The van der Waals surface area contributed by atoms with Crippen molar-refractivity contribution in [1.82, 2.24) is 0 Å². The summed E-state index contributed by atoms with van der Waals surface area (Å²) in [7, 11) is 3.25. The standard InChI is InChI=1S/C13H16O3/c1-14-9-3-4-10-16-11-12-5-7-13(15-2)8-6-12/h3-10H,11H2,1-2H3/b9-3+,10-4-. The average molecular weight is 220 g/mol. The van der Waals surface area contributed by atoms with Crippen molar-refractivity contribution in [2.45, 2.75) is 6.61 Å². The van der Waals surface area contributed by atoms with Crippen LogP contribution in [0.1, 0.15) is 5.56 Å². The van der Waals surface area contributed by atoms with E-state index in [1.54, 1.807) is 38.9 Å². The molecular formula is C13H16O3. The number of methoxy groups -OCH3 is 2. The minimum Gasteiger partial charge on any atom is -0.504 e. The van der Waals surface area contributed by atoms with E-state index >= 15 is 0 Å². The summed E-state index contributed by atoms with van der Waals surface area (Å²) in [4.78, 5) is 0. The van der Waals surface area contributed by atoms with Crippen LogP contribution >= 0.6 is 0 Å². The van der Waals surface area contributed by atoms with Gasteiger partial charge in [0.15, 0.2) is 0 Å². The third-order valence-corrected chi connectivity index (χ3v) is 1.91. The lowest BCUT2D eigenvalue weighted by molar-refractivity contribution is 0.236. The van der Waals surface area contributed by atoms with Crippen LogP contribution in [0.2, 0.25) is 0 Å². The fourth-order valence-corrected chi connectivity index (χ4v) is 1.09. The molecule has 0 aliphatic carbocycles. The molecule has 1 aromatic carbocycles. The number of hydrogen-bond donors (Lipinski definition) is 0. The minimum atomic E-state index is 0.543. The van der Waals surface area contributed by atoms with Gasteiger partial charge in [-0.25, -0.2) is 0 Å². The Morgan fingerprint density at radius 2 is 1.69 bits per heavy atom. The van der Waals surface area contributed by atoms with Crippen LogP contribution in [-0.4, -0.2) is 14.2 Å². The Hall–Kier alpha value is -1.90. The topological polar surface area (TPSA) is 27.7 Å². The van der Waals surface area contributed by atoms with Crippen LogP contribution in [0.15, 0.2) is 48.9 Å². The Balaban J connectivity index is 2.31. The normalized spacial score (nSPS) is 10.9. The number of benzene rings is 1. The average Bonchev–Trinajstić information content (AvgIpc) is 2.34. The molecule has 0 spiro atoms. The zero-order chi connectivity index (χ0) is 11.6. The number of rotatable bonds is 6. The van der Waals surface area contributed by atoms with Gasteiger partial charge in [0, 0.05) is 0 Å². The third-order valence-electron chi connectivity index (χ3n) is 1.91. The monoisotopic (exact) mass is 220 g/mol. The first kappa shape index (κ1) is 12.2. The molecule has 0 saturated heterocycles. The predicted molar refractivity (Wildman–Crippen MR) is 63.1 cm³/mol. The highest BCUT2D eigenvalue weighted by Crippen LogP contribution is 2.11. The molecule has 1 rings (SSSR count). The Labute approximate surface area is 95.9 Å². The van der Waals surface area contributed by atoms with E-state index in [4.69, 9.17) is 14.2 Å². The van der Waals surface area contributed by atoms with Gasteiger partial charge in [0.05, 0.1) is 26.7 Å². The van der Waals surface area contributed by atoms with Gasteiger partial charge in [0.25, 0.3) is 0 Å². The number of ether oxygens (including phenoxy) is 3. The second-order valence-electron chi connectivity index (χ2n) is 3.05. The van der Waals surface area contributed by atoms with E-state index in [0.717, 1.165) is 11.3 Å². The van der Waals surface area contributed by atoms with Crippen molar-refractivity contribution < 1.29 is 14.2 Å². The number of allylic oxidation sites excluding steroid dienone is 2. The second-order valence-corrected chi connectivity index (χ2v) is 3.05. The third kappa shape index (κ3) is 4.55. The van der Waals surface area contributed by atoms with Gasteiger partial charge in [-0.1, -0.05) is 12.1 Å². The van der Waals surface area contributed by atoms with Gasteiger partial charge < -0.3 is 14.2 Å². The molecule has 0 N–H and O–H groups in total.